The summed E-state index contributed by atoms with van der Waals surface area (Å²) >= 11 is 0. The number of hydrogen-bond acceptors (Lipinski definition) is 3. The van der Waals surface area contributed by atoms with E-state index in [0.29, 0.717) is 16.6 Å². The van der Waals surface area contributed by atoms with Gasteiger partial charge in [0, 0.05) is 11.1 Å². The maximum absolute atomic E-state index is 12.7. The zero-order valence-electron chi connectivity index (χ0n) is 12.2. The molecular weight excluding hydrogens is 317 g/mol. The van der Waals surface area contributed by atoms with Crippen molar-refractivity contribution in [3.8, 4) is 11.4 Å². The second-order valence-corrected chi connectivity index (χ2v) is 6.19. The number of rotatable bonds is 3. The van der Waals surface area contributed by atoms with Gasteiger partial charge in [0.05, 0.1) is 11.1 Å². The summed E-state index contributed by atoms with van der Waals surface area (Å²) in [7, 11) is -4.77. The first-order chi connectivity index (χ1) is 10.9. The lowest BCUT2D eigenvalue weighted by Crippen LogP contribution is -2.22. The average molecular weight is 331 g/mol. The fraction of sp³-hybridized carbons (Fsp3) is 0.0625. The van der Waals surface area contributed by atoms with Crippen LogP contribution in [0.4, 0.5) is 0 Å². The van der Waals surface area contributed by atoms with Crippen LogP contribution in [-0.2, 0) is 4.57 Å². The summed E-state index contributed by atoms with van der Waals surface area (Å²) in [6, 6.07) is 15.9. The first kappa shape index (κ1) is 15.5. The van der Waals surface area contributed by atoms with Gasteiger partial charge in [-0.05, 0) is 31.2 Å². The van der Waals surface area contributed by atoms with E-state index in [1.54, 1.807) is 36.4 Å². The molecule has 1 heterocycles. The maximum Gasteiger partial charge on any atom is 0.524 e. The van der Waals surface area contributed by atoms with E-state index in [-0.39, 0.29) is 11.3 Å². The van der Waals surface area contributed by atoms with Gasteiger partial charge in [-0.15, -0.1) is 0 Å². The Bertz CT molecular complexity index is 975. The van der Waals surface area contributed by atoms with Crippen LogP contribution in [0.25, 0.3) is 16.6 Å². The molecule has 0 unspecified atom stereocenters. The van der Waals surface area contributed by atoms with Crippen LogP contribution in [-0.4, -0.2) is 14.4 Å². The van der Waals surface area contributed by atoms with Crippen molar-refractivity contribution in [3.05, 3.63) is 70.5 Å². The summed E-state index contributed by atoms with van der Waals surface area (Å²) in [6.07, 6.45) is 0. The normalized spacial score (nSPS) is 11.6. The average Bonchev–Trinajstić information content (AvgIpc) is 2.52. The minimum atomic E-state index is -4.77. The number of pyridine rings is 1. The molecule has 0 aliphatic heterocycles. The standard InChI is InChI=1S/C16H14NO5P/c1-11-15(22-23(19,20)21)13-9-5-6-10-14(13)17(16(11)18)12-7-3-2-4-8-12/h2-10H,1H3,(H2,19,20,21). The van der Waals surface area contributed by atoms with E-state index in [9.17, 15) is 9.36 Å². The third-order valence-corrected chi connectivity index (χ3v) is 3.90. The topological polar surface area (TPSA) is 88.8 Å². The van der Waals surface area contributed by atoms with Gasteiger partial charge in [0.2, 0.25) is 0 Å². The molecule has 6 nitrogen and oxygen atoms in total. The minimum Gasteiger partial charge on any atom is -0.403 e. The van der Waals surface area contributed by atoms with E-state index in [1.165, 1.54) is 11.5 Å². The van der Waals surface area contributed by atoms with Crippen LogP contribution < -0.4 is 10.1 Å². The van der Waals surface area contributed by atoms with Gasteiger partial charge in [-0.1, -0.05) is 30.3 Å². The summed E-state index contributed by atoms with van der Waals surface area (Å²) in [4.78, 5) is 30.9. The summed E-state index contributed by atoms with van der Waals surface area (Å²) < 4.78 is 17.5. The fourth-order valence-electron chi connectivity index (χ4n) is 2.51. The molecule has 0 saturated carbocycles. The van der Waals surface area contributed by atoms with Crippen molar-refractivity contribution in [2.75, 3.05) is 0 Å². The molecule has 0 fully saturated rings. The number of phosphoric acid groups is 1. The molecule has 0 radical (unpaired) electrons. The summed E-state index contributed by atoms with van der Waals surface area (Å²) in [5, 5.41) is 0.455. The van der Waals surface area contributed by atoms with Gasteiger partial charge in [-0.3, -0.25) is 19.1 Å². The number of hydrogen-bond donors (Lipinski definition) is 2. The van der Waals surface area contributed by atoms with Crippen molar-refractivity contribution in [3.63, 3.8) is 0 Å². The number of fused-ring (bicyclic) bond motifs is 1. The van der Waals surface area contributed by atoms with Crippen LogP contribution in [0.5, 0.6) is 5.75 Å². The second kappa shape index (κ2) is 5.66. The van der Waals surface area contributed by atoms with E-state index in [1.807, 2.05) is 18.2 Å². The Morgan fingerprint density at radius 3 is 2.26 bits per heavy atom. The predicted octanol–water partition coefficient (Wildman–Crippen LogP) is 2.77. The van der Waals surface area contributed by atoms with Gasteiger partial charge in [-0.2, -0.15) is 0 Å². The lowest BCUT2D eigenvalue weighted by Gasteiger charge is -2.17. The van der Waals surface area contributed by atoms with Crippen LogP contribution in [0.3, 0.4) is 0 Å². The third kappa shape index (κ3) is 2.92. The Morgan fingerprint density at radius 2 is 1.61 bits per heavy atom. The fourth-order valence-corrected chi connectivity index (χ4v) is 2.98. The largest absolute Gasteiger partial charge is 0.524 e. The van der Waals surface area contributed by atoms with Crippen molar-refractivity contribution < 1.29 is 18.9 Å². The monoisotopic (exact) mass is 331 g/mol. The van der Waals surface area contributed by atoms with Crippen molar-refractivity contribution in [2.24, 2.45) is 0 Å². The quantitative estimate of drug-likeness (QED) is 0.721. The number of phosphoric ester groups is 1. The van der Waals surface area contributed by atoms with E-state index in [2.05, 4.69) is 0 Å². The molecule has 0 saturated heterocycles. The number of aromatic nitrogens is 1. The minimum absolute atomic E-state index is 0.0916. The summed E-state index contributed by atoms with van der Waals surface area (Å²) in [5.41, 5.74) is 0.923. The molecule has 0 bridgehead atoms. The van der Waals surface area contributed by atoms with E-state index in [4.69, 9.17) is 14.3 Å². The molecule has 2 aromatic carbocycles. The molecule has 1 aromatic heterocycles. The smallest absolute Gasteiger partial charge is 0.403 e. The van der Waals surface area contributed by atoms with Crippen LogP contribution in [0, 0.1) is 6.92 Å². The van der Waals surface area contributed by atoms with Crippen molar-refractivity contribution in [1.82, 2.24) is 4.57 Å². The van der Waals surface area contributed by atoms with Crippen LogP contribution >= 0.6 is 7.82 Å². The lowest BCUT2D eigenvalue weighted by atomic mass is 10.1. The van der Waals surface area contributed by atoms with Crippen LogP contribution in [0.15, 0.2) is 59.4 Å². The van der Waals surface area contributed by atoms with Gasteiger partial charge in [-0.25, -0.2) is 4.57 Å². The molecule has 3 rings (SSSR count). The third-order valence-electron chi connectivity index (χ3n) is 3.48. The number of nitrogens with zero attached hydrogens (tertiary/aromatic N) is 1. The van der Waals surface area contributed by atoms with E-state index < -0.39 is 13.4 Å². The van der Waals surface area contributed by atoms with Crippen molar-refractivity contribution >= 4 is 18.7 Å². The van der Waals surface area contributed by atoms with Gasteiger partial charge >= 0.3 is 7.82 Å². The predicted molar refractivity (Wildman–Crippen MR) is 87.0 cm³/mol. The number of para-hydroxylation sites is 2. The molecule has 0 aliphatic rings. The van der Waals surface area contributed by atoms with Crippen molar-refractivity contribution in [1.29, 1.82) is 0 Å². The Labute approximate surface area is 131 Å². The lowest BCUT2D eigenvalue weighted by molar-refractivity contribution is 0.283. The van der Waals surface area contributed by atoms with Gasteiger partial charge in [0.15, 0.2) is 0 Å². The molecule has 0 spiro atoms. The van der Waals surface area contributed by atoms with E-state index in [0.717, 1.165) is 0 Å². The highest BCUT2D eigenvalue weighted by molar-refractivity contribution is 7.46. The summed E-state index contributed by atoms with van der Waals surface area (Å²) in [6.45, 7) is 1.49. The van der Waals surface area contributed by atoms with Crippen LogP contribution in [0.2, 0.25) is 0 Å². The molecule has 0 amide bonds. The molecule has 7 heteroatoms. The zero-order valence-corrected chi connectivity index (χ0v) is 13.1. The number of benzene rings is 2. The molecular formula is C16H14NO5P. The Balaban J connectivity index is 2.42. The Hall–Kier alpha value is -2.40. The summed E-state index contributed by atoms with van der Waals surface area (Å²) in [5.74, 6) is -0.0916. The SMILES string of the molecule is Cc1c(OP(=O)(O)O)c2ccccc2n(-c2ccccc2)c1=O. The van der Waals surface area contributed by atoms with Crippen molar-refractivity contribution in [2.45, 2.75) is 6.92 Å². The first-order valence-electron chi connectivity index (χ1n) is 6.83. The highest BCUT2D eigenvalue weighted by Crippen LogP contribution is 2.41. The second-order valence-electron chi connectivity index (χ2n) is 5.03. The Morgan fingerprint density at radius 1 is 1.00 bits per heavy atom. The molecule has 0 aliphatic carbocycles. The van der Waals surface area contributed by atoms with Crippen LogP contribution in [0.1, 0.15) is 5.56 Å². The molecule has 23 heavy (non-hydrogen) atoms. The highest BCUT2D eigenvalue weighted by atomic mass is 31.2. The highest BCUT2D eigenvalue weighted by Gasteiger charge is 2.23. The van der Waals surface area contributed by atoms with Gasteiger partial charge < -0.3 is 4.52 Å². The van der Waals surface area contributed by atoms with Gasteiger partial charge in [0.1, 0.15) is 5.75 Å². The van der Waals surface area contributed by atoms with E-state index >= 15 is 0 Å². The molecule has 0 atom stereocenters. The molecule has 118 valence electrons. The first-order valence-corrected chi connectivity index (χ1v) is 8.36. The maximum atomic E-state index is 12.7. The molecule has 3 aromatic rings. The Kier molecular flexibility index (Phi) is 3.82. The zero-order chi connectivity index (χ0) is 16.6. The van der Waals surface area contributed by atoms with Gasteiger partial charge in [0.25, 0.3) is 5.56 Å². The molecule has 2 N–H and O–H groups in total.